The fourth-order valence-corrected chi connectivity index (χ4v) is 3.12. The van der Waals surface area contributed by atoms with Gasteiger partial charge in [-0.15, -0.1) is 0 Å². The molecule has 0 saturated heterocycles. The first-order valence-electron chi connectivity index (χ1n) is 8.93. The number of alkyl halides is 3. The van der Waals surface area contributed by atoms with Crippen molar-refractivity contribution in [3.05, 3.63) is 65.2 Å². The molecule has 0 unspecified atom stereocenters. The van der Waals surface area contributed by atoms with Crippen LogP contribution in [0.4, 0.5) is 18.9 Å². The van der Waals surface area contributed by atoms with Crippen molar-refractivity contribution in [3.8, 4) is 5.75 Å². The molecule has 0 spiro atoms. The molecule has 1 aliphatic rings. The van der Waals surface area contributed by atoms with Crippen LogP contribution in [0.15, 0.2) is 48.5 Å². The summed E-state index contributed by atoms with van der Waals surface area (Å²) in [4.78, 5) is 12.5. The van der Waals surface area contributed by atoms with E-state index in [1.54, 1.807) is 12.1 Å². The first-order chi connectivity index (χ1) is 13.4. The number of aliphatic hydroxyl groups excluding tert-OH is 1. The highest BCUT2D eigenvalue weighted by atomic mass is 19.4. The first-order valence-corrected chi connectivity index (χ1v) is 8.93. The lowest BCUT2D eigenvalue weighted by molar-refractivity contribution is -0.137. The number of carbonyl (C=O) groups excluding carboxylic acids is 1. The Morgan fingerprint density at radius 2 is 2.00 bits per heavy atom. The SMILES string of the molecule is O=C(C=C1CCCOc2cc(C(F)(F)F)ccc21)Nc1ccccc1CCO. The van der Waals surface area contributed by atoms with Gasteiger partial charge in [0.1, 0.15) is 5.75 Å². The quantitative estimate of drug-likeness (QED) is 0.758. The molecule has 2 aromatic rings. The van der Waals surface area contributed by atoms with Gasteiger partial charge in [0.15, 0.2) is 0 Å². The van der Waals surface area contributed by atoms with Crippen LogP contribution in [0.25, 0.3) is 5.57 Å². The fraction of sp³-hybridized carbons (Fsp3) is 0.286. The molecule has 3 rings (SSSR count). The number of nitrogens with one attached hydrogen (secondary N) is 1. The molecule has 1 heterocycles. The zero-order valence-electron chi connectivity index (χ0n) is 15.1. The minimum absolute atomic E-state index is 0.0414. The van der Waals surface area contributed by atoms with Gasteiger partial charge in [-0.25, -0.2) is 0 Å². The number of anilines is 1. The molecule has 28 heavy (non-hydrogen) atoms. The molecule has 7 heteroatoms. The van der Waals surface area contributed by atoms with Crippen molar-refractivity contribution in [2.45, 2.75) is 25.4 Å². The second-order valence-electron chi connectivity index (χ2n) is 6.45. The maximum absolute atomic E-state index is 13.0. The predicted molar refractivity (Wildman–Crippen MR) is 100 cm³/mol. The van der Waals surface area contributed by atoms with Gasteiger partial charge in [-0.1, -0.05) is 24.3 Å². The summed E-state index contributed by atoms with van der Waals surface area (Å²) in [5.41, 5.74) is 1.73. The molecule has 2 aromatic carbocycles. The second-order valence-corrected chi connectivity index (χ2v) is 6.45. The van der Waals surface area contributed by atoms with Gasteiger partial charge in [-0.3, -0.25) is 4.79 Å². The van der Waals surface area contributed by atoms with Crippen molar-refractivity contribution < 1.29 is 27.8 Å². The zero-order chi connectivity index (χ0) is 20.1. The molecular formula is C21H20F3NO3. The van der Waals surface area contributed by atoms with Crippen LogP contribution in [0.2, 0.25) is 0 Å². The van der Waals surface area contributed by atoms with E-state index in [-0.39, 0.29) is 24.9 Å². The smallest absolute Gasteiger partial charge is 0.416 e. The highest BCUT2D eigenvalue weighted by Crippen LogP contribution is 2.38. The Bertz CT molecular complexity index is 891. The number of aliphatic hydroxyl groups is 1. The van der Waals surface area contributed by atoms with Crippen LogP contribution in [0.5, 0.6) is 5.75 Å². The lowest BCUT2D eigenvalue weighted by atomic mass is 9.99. The molecular weight excluding hydrogens is 371 g/mol. The molecule has 0 atom stereocenters. The van der Waals surface area contributed by atoms with E-state index in [0.717, 1.165) is 17.7 Å². The molecule has 0 aromatic heterocycles. The third-order valence-electron chi connectivity index (χ3n) is 4.46. The van der Waals surface area contributed by atoms with Crippen LogP contribution in [0.1, 0.15) is 29.5 Å². The number of hydrogen-bond donors (Lipinski definition) is 2. The number of halogens is 3. The summed E-state index contributed by atoms with van der Waals surface area (Å²) in [6.45, 7) is 0.243. The summed E-state index contributed by atoms with van der Waals surface area (Å²) in [5.74, 6) is -0.250. The zero-order valence-corrected chi connectivity index (χ0v) is 15.1. The molecule has 0 aliphatic carbocycles. The van der Waals surface area contributed by atoms with Crippen molar-refractivity contribution >= 4 is 17.2 Å². The molecule has 0 saturated carbocycles. The normalized spacial score (nSPS) is 15.5. The van der Waals surface area contributed by atoms with E-state index in [1.807, 2.05) is 12.1 Å². The first kappa shape index (κ1) is 19.9. The Morgan fingerprint density at radius 1 is 1.21 bits per heavy atom. The summed E-state index contributed by atoms with van der Waals surface area (Å²) in [6, 6.07) is 10.5. The van der Waals surface area contributed by atoms with E-state index in [0.29, 0.717) is 36.1 Å². The number of amides is 1. The number of para-hydroxylation sites is 1. The molecule has 2 N–H and O–H groups in total. The third-order valence-corrected chi connectivity index (χ3v) is 4.46. The molecule has 1 aliphatic heterocycles. The van der Waals surface area contributed by atoms with E-state index in [1.165, 1.54) is 12.1 Å². The van der Waals surface area contributed by atoms with Crippen molar-refractivity contribution in [1.82, 2.24) is 0 Å². The lowest BCUT2D eigenvalue weighted by Crippen LogP contribution is -2.11. The van der Waals surface area contributed by atoms with Crippen LogP contribution in [-0.4, -0.2) is 24.2 Å². The molecule has 0 radical (unpaired) electrons. The van der Waals surface area contributed by atoms with Gasteiger partial charge in [0.25, 0.3) is 0 Å². The van der Waals surface area contributed by atoms with Gasteiger partial charge < -0.3 is 15.2 Å². The number of benzene rings is 2. The number of hydrogen-bond acceptors (Lipinski definition) is 3. The second kappa shape index (κ2) is 8.48. The van der Waals surface area contributed by atoms with E-state index in [4.69, 9.17) is 9.84 Å². The fourth-order valence-electron chi connectivity index (χ4n) is 3.12. The Balaban J connectivity index is 1.87. The number of rotatable bonds is 4. The number of allylic oxidation sites excluding steroid dienone is 1. The average molecular weight is 391 g/mol. The number of carbonyl (C=O) groups is 1. The Kier molecular flexibility index (Phi) is 6.04. The van der Waals surface area contributed by atoms with Crippen LogP contribution in [0, 0.1) is 0 Å². The van der Waals surface area contributed by atoms with Gasteiger partial charge in [0, 0.05) is 23.9 Å². The van der Waals surface area contributed by atoms with Crippen LogP contribution in [0.3, 0.4) is 0 Å². The number of ether oxygens (including phenoxy) is 1. The minimum Gasteiger partial charge on any atom is -0.493 e. The largest absolute Gasteiger partial charge is 0.493 e. The van der Waals surface area contributed by atoms with Gasteiger partial charge in [-0.05, 0) is 48.6 Å². The van der Waals surface area contributed by atoms with E-state index >= 15 is 0 Å². The molecule has 148 valence electrons. The van der Waals surface area contributed by atoms with Crippen molar-refractivity contribution in [1.29, 1.82) is 0 Å². The minimum atomic E-state index is -4.46. The van der Waals surface area contributed by atoms with Gasteiger partial charge in [-0.2, -0.15) is 13.2 Å². The van der Waals surface area contributed by atoms with Crippen molar-refractivity contribution in [2.24, 2.45) is 0 Å². The maximum Gasteiger partial charge on any atom is 0.416 e. The Hall–Kier alpha value is -2.80. The standard InChI is InChI=1S/C21H20F3NO3/c22-21(23,24)16-7-8-17-15(5-3-11-28-19(17)13-16)12-20(27)25-18-6-2-1-4-14(18)9-10-26/h1-2,4,6-8,12-13,26H,3,5,9-11H2,(H,25,27). The van der Waals surface area contributed by atoms with E-state index in [9.17, 15) is 18.0 Å². The van der Waals surface area contributed by atoms with Crippen LogP contribution >= 0.6 is 0 Å². The maximum atomic E-state index is 13.0. The average Bonchev–Trinajstić information content (AvgIpc) is 2.84. The Labute approximate surface area is 160 Å². The van der Waals surface area contributed by atoms with E-state index in [2.05, 4.69) is 5.32 Å². The molecule has 0 bridgehead atoms. The van der Waals surface area contributed by atoms with E-state index < -0.39 is 11.7 Å². The summed E-state index contributed by atoms with van der Waals surface area (Å²) in [6.07, 6.45) is -1.54. The van der Waals surface area contributed by atoms with Crippen molar-refractivity contribution in [2.75, 3.05) is 18.5 Å². The predicted octanol–water partition coefficient (Wildman–Crippen LogP) is 4.43. The van der Waals surface area contributed by atoms with Gasteiger partial charge in [0.05, 0.1) is 12.2 Å². The number of fused-ring (bicyclic) bond motifs is 1. The van der Waals surface area contributed by atoms with Crippen molar-refractivity contribution in [3.63, 3.8) is 0 Å². The van der Waals surface area contributed by atoms with Gasteiger partial charge in [0.2, 0.25) is 5.91 Å². The topological polar surface area (TPSA) is 58.6 Å². The summed E-state index contributed by atoms with van der Waals surface area (Å²) < 4.78 is 44.3. The Morgan fingerprint density at radius 3 is 2.75 bits per heavy atom. The van der Waals surface area contributed by atoms with Crippen LogP contribution < -0.4 is 10.1 Å². The third kappa shape index (κ3) is 4.72. The summed E-state index contributed by atoms with van der Waals surface area (Å²) in [7, 11) is 0. The highest BCUT2D eigenvalue weighted by molar-refractivity contribution is 6.04. The van der Waals surface area contributed by atoms with Gasteiger partial charge >= 0.3 is 6.18 Å². The lowest BCUT2D eigenvalue weighted by Gasteiger charge is -2.13. The molecule has 0 fully saturated rings. The molecule has 1 amide bonds. The summed E-state index contributed by atoms with van der Waals surface area (Å²) in [5, 5.41) is 11.9. The van der Waals surface area contributed by atoms with Crippen LogP contribution in [-0.2, 0) is 17.4 Å². The summed E-state index contributed by atoms with van der Waals surface area (Å²) >= 11 is 0. The monoisotopic (exact) mass is 391 g/mol. The molecule has 4 nitrogen and oxygen atoms in total. The highest BCUT2D eigenvalue weighted by Gasteiger charge is 2.32.